The van der Waals surface area contributed by atoms with Crippen molar-refractivity contribution in [3.8, 4) is 0 Å². The minimum Gasteiger partial charge on any atom is -0.481 e. The number of hydrogen-bond acceptors (Lipinski definition) is 9. The highest BCUT2D eigenvalue weighted by atomic mass is 19.4. The van der Waals surface area contributed by atoms with Gasteiger partial charge in [0.25, 0.3) is 0 Å². The van der Waals surface area contributed by atoms with Gasteiger partial charge in [-0.1, -0.05) is 81.5 Å². The van der Waals surface area contributed by atoms with Crippen LogP contribution >= 0.6 is 0 Å². The van der Waals surface area contributed by atoms with Crippen LogP contribution in [0.3, 0.4) is 0 Å². The van der Waals surface area contributed by atoms with Crippen molar-refractivity contribution in [1.82, 2.24) is 25.0 Å². The number of hydrogen-bond donors (Lipinski definition) is 4. The Morgan fingerprint density at radius 1 is 0.859 bits per heavy atom. The number of carbonyl (C=O) groups is 4. The van der Waals surface area contributed by atoms with E-state index in [0.717, 1.165) is 43.1 Å². The quantitative estimate of drug-likeness (QED) is 0.0271. The fraction of sp³-hybridized carbons (Fsp3) is 0.511. The summed E-state index contributed by atoms with van der Waals surface area (Å²) in [5.74, 6) is -7.25. The number of allylic oxidation sites excluding steroid dienone is 10. The number of rotatable bonds is 24. The molecule has 13 nitrogen and oxygen atoms in total. The van der Waals surface area contributed by atoms with Crippen molar-refractivity contribution in [3.05, 3.63) is 108 Å². The molecular formula is C45H60F6N6O7. The number of fused-ring (bicyclic) bond motifs is 1. The van der Waals surface area contributed by atoms with E-state index in [0.29, 0.717) is 18.6 Å². The van der Waals surface area contributed by atoms with E-state index in [9.17, 15) is 50.6 Å². The lowest BCUT2D eigenvalue weighted by Gasteiger charge is -2.29. The van der Waals surface area contributed by atoms with Crippen LogP contribution in [0, 0.1) is 22.9 Å². The highest BCUT2D eigenvalue weighted by Gasteiger charge is 2.40. The van der Waals surface area contributed by atoms with Crippen LogP contribution in [-0.2, 0) is 49.6 Å². The Kier molecular flexibility index (Phi) is 24.1. The van der Waals surface area contributed by atoms with Gasteiger partial charge in [-0.2, -0.15) is 13.2 Å². The molecule has 2 heterocycles. The second-order valence-corrected chi connectivity index (χ2v) is 15.5. The second-order valence-electron chi connectivity index (χ2n) is 15.5. The summed E-state index contributed by atoms with van der Waals surface area (Å²) in [4.78, 5) is 48.0. The molecule has 0 spiro atoms. The molecule has 1 aliphatic heterocycles. The molecule has 0 aliphatic carbocycles. The number of carboxylic acids is 1. The van der Waals surface area contributed by atoms with Crippen molar-refractivity contribution >= 4 is 23.8 Å². The average molecular weight is 911 g/mol. The van der Waals surface area contributed by atoms with Gasteiger partial charge in [0, 0.05) is 50.0 Å². The van der Waals surface area contributed by atoms with Crippen LogP contribution < -0.4 is 11.1 Å². The topological polar surface area (TPSA) is 190 Å². The van der Waals surface area contributed by atoms with E-state index in [1.165, 1.54) is 4.90 Å². The molecule has 0 fully saturated rings. The summed E-state index contributed by atoms with van der Waals surface area (Å²) in [5, 5.41) is 27.7. The number of aromatic nitrogens is 3. The fourth-order valence-electron chi connectivity index (χ4n) is 5.90. The Balaban J connectivity index is 0.000000451. The van der Waals surface area contributed by atoms with Crippen LogP contribution in [0.4, 0.5) is 26.3 Å². The molecule has 19 heteroatoms. The molecule has 3 rings (SSSR count). The zero-order valence-electron chi connectivity index (χ0n) is 36.5. The molecular weight excluding hydrogens is 851 g/mol. The third kappa shape index (κ3) is 20.7. The van der Waals surface area contributed by atoms with Gasteiger partial charge < -0.3 is 35.5 Å². The monoisotopic (exact) mass is 910 g/mol. The van der Waals surface area contributed by atoms with E-state index in [1.807, 2.05) is 6.08 Å². The molecule has 0 bridgehead atoms. The van der Waals surface area contributed by atoms with Gasteiger partial charge in [0.1, 0.15) is 11.9 Å². The maximum Gasteiger partial charge on any atom is 0.451 e. The molecule has 2 atom stereocenters. The number of nitrogens with two attached hydrogens (primary N) is 1. The molecule has 1 aliphatic rings. The summed E-state index contributed by atoms with van der Waals surface area (Å²) in [5.41, 5.74) is 4.65. The average Bonchev–Trinajstić information content (AvgIpc) is 3.67. The van der Waals surface area contributed by atoms with Crippen molar-refractivity contribution in [2.75, 3.05) is 19.7 Å². The SMILES string of the molecule is CCC=CCC=CCC=CCC=CCC=CCCCC(=O)OCC(C)(C)[C@@H](O)C(=O)NCCC(=O)O.N[C@@H](CC(=O)N1CCn2c(nnc2C(F)(F)F)C1)Cc1cc(F)c(F)cc1F. The molecule has 354 valence electrons. The normalized spacial score (nSPS) is 14.3. The van der Waals surface area contributed by atoms with Crippen molar-refractivity contribution in [3.63, 3.8) is 0 Å². The van der Waals surface area contributed by atoms with Crippen molar-refractivity contribution in [2.24, 2.45) is 11.1 Å². The first kappa shape index (κ1) is 54.6. The van der Waals surface area contributed by atoms with E-state index in [1.54, 1.807) is 13.8 Å². The minimum absolute atomic E-state index is 0.000783. The van der Waals surface area contributed by atoms with Crippen LogP contribution in [-0.4, -0.2) is 85.5 Å². The smallest absolute Gasteiger partial charge is 0.451 e. The van der Waals surface area contributed by atoms with Crippen LogP contribution in [0.2, 0.25) is 0 Å². The fourth-order valence-corrected chi connectivity index (χ4v) is 5.90. The summed E-state index contributed by atoms with van der Waals surface area (Å²) < 4.78 is 84.5. The Bertz CT molecular complexity index is 1960. The molecule has 64 heavy (non-hydrogen) atoms. The second kappa shape index (κ2) is 28.3. The van der Waals surface area contributed by atoms with Crippen molar-refractivity contribution in [2.45, 2.75) is 123 Å². The van der Waals surface area contributed by atoms with Gasteiger partial charge >= 0.3 is 18.1 Å². The molecule has 0 saturated carbocycles. The van der Waals surface area contributed by atoms with Crippen LogP contribution in [0.1, 0.15) is 102 Å². The first-order valence-corrected chi connectivity index (χ1v) is 21.0. The molecule has 1 aromatic carbocycles. The number of esters is 1. The molecule has 5 N–H and O–H groups in total. The highest BCUT2D eigenvalue weighted by Crippen LogP contribution is 2.29. The van der Waals surface area contributed by atoms with Gasteiger partial charge in [0.15, 0.2) is 17.5 Å². The van der Waals surface area contributed by atoms with E-state index >= 15 is 0 Å². The maximum absolute atomic E-state index is 13.7. The number of ether oxygens (including phenoxy) is 1. The van der Waals surface area contributed by atoms with E-state index in [2.05, 4.69) is 77.1 Å². The lowest BCUT2D eigenvalue weighted by Crippen LogP contribution is -2.46. The Morgan fingerprint density at radius 3 is 2.02 bits per heavy atom. The molecule has 1 aromatic heterocycles. The first-order valence-electron chi connectivity index (χ1n) is 21.0. The van der Waals surface area contributed by atoms with Crippen LogP contribution in [0.25, 0.3) is 0 Å². The predicted molar refractivity (Wildman–Crippen MR) is 227 cm³/mol. The van der Waals surface area contributed by atoms with Gasteiger partial charge in [-0.25, -0.2) is 13.2 Å². The number of benzene rings is 1. The van der Waals surface area contributed by atoms with Gasteiger partial charge in [-0.05, 0) is 63.0 Å². The van der Waals surface area contributed by atoms with Crippen molar-refractivity contribution < 1.29 is 60.5 Å². The number of aliphatic hydroxyl groups is 1. The number of nitrogens with one attached hydrogen (secondary N) is 1. The number of alkyl halides is 3. The number of carboxylic acid groups (broad SMARTS) is 1. The number of halogens is 6. The van der Waals surface area contributed by atoms with Gasteiger partial charge in [0.2, 0.25) is 17.6 Å². The highest BCUT2D eigenvalue weighted by molar-refractivity contribution is 5.82. The standard InChI is InChI=1S/C29H45NO6.C16H15F6N5O/c1-4-5-6-7-8-9-10-11-12-13-14-15-16-17-18-19-20-21-26(33)36-24-29(2,3)27(34)28(35)30-23-22-25(31)32;17-10-6-12(19)11(18)4-8(10)3-9(23)5-14(28)26-1-2-27-13(7-26)24-25-15(27)16(20,21)22/h5-6,8-9,11-12,14-15,17-18,27,34H,4,7,10,13,16,19-24H2,1-3H3,(H,30,35)(H,31,32);4,6,9H,1-3,5,7,23H2/t27-;9-/m01/s1. The minimum atomic E-state index is -4.64. The molecule has 2 aromatic rings. The summed E-state index contributed by atoms with van der Waals surface area (Å²) in [6.45, 7) is 4.87. The lowest BCUT2D eigenvalue weighted by molar-refractivity contribution is -0.153. The van der Waals surface area contributed by atoms with E-state index < -0.39 is 64.8 Å². The lowest BCUT2D eigenvalue weighted by atomic mass is 9.87. The predicted octanol–water partition coefficient (Wildman–Crippen LogP) is 7.45. The number of aliphatic carboxylic acids is 1. The van der Waals surface area contributed by atoms with E-state index in [-0.39, 0.29) is 75.8 Å². The van der Waals surface area contributed by atoms with Gasteiger partial charge in [0.05, 0.1) is 19.6 Å². The summed E-state index contributed by atoms with van der Waals surface area (Å²) in [6, 6.07) is 0.184. The van der Waals surface area contributed by atoms with Gasteiger partial charge in [-0.15, -0.1) is 10.2 Å². The molecule has 0 unspecified atom stereocenters. The third-order valence-corrected chi connectivity index (χ3v) is 9.51. The Hall–Kier alpha value is -5.56. The molecule has 2 amide bonds. The first-order chi connectivity index (χ1) is 30.3. The summed E-state index contributed by atoms with van der Waals surface area (Å²) in [6.07, 6.45) is 21.1. The number of aliphatic hydroxyl groups excluding tert-OH is 1. The number of amides is 2. The maximum atomic E-state index is 13.7. The van der Waals surface area contributed by atoms with Gasteiger partial charge in [-0.3, -0.25) is 19.2 Å². The largest absolute Gasteiger partial charge is 0.481 e. The number of nitrogens with zero attached hydrogens (tertiary/aromatic N) is 4. The zero-order valence-corrected chi connectivity index (χ0v) is 36.5. The molecule has 0 radical (unpaired) electrons. The van der Waals surface area contributed by atoms with Crippen LogP contribution in [0.15, 0.2) is 72.9 Å². The van der Waals surface area contributed by atoms with E-state index in [4.69, 9.17) is 15.6 Å². The van der Waals surface area contributed by atoms with Crippen LogP contribution in [0.5, 0.6) is 0 Å². The summed E-state index contributed by atoms with van der Waals surface area (Å²) >= 11 is 0. The number of carbonyl (C=O) groups excluding carboxylic acids is 3. The summed E-state index contributed by atoms with van der Waals surface area (Å²) in [7, 11) is 0. The molecule has 0 saturated heterocycles. The Labute approximate surface area is 369 Å². The van der Waals surface area contributed by atoms with Crippen molar-refractivity contribution in [1.29, 1.82) is 0 Å². The number of unbranched alkanes of at least 4 members (excludes halogenated alkanes) is 1. The third-order valence-electron chi connectivity index (χ3n) is 9.51. The Morgan fingerprint density at radius 2 is 1.44 bits per heavy atom. The zero-order chi connectivity index (χ0) is 47.7.